The summed E-state index contributed by atoms with van der Waals surface area (Å²) < 4.78 is 2.12. The van der Waals surface area contributed by atoms with Crippen LogP contribution in [0.5, 0.6) is 0 Å². The summed E-state index contributed by atoms with van der Waals surface area (Å²) >= 11 is 2.30. The molecule has 1 aliphatic heterocycles. The third-order valence-corrected chi connectivity index (χ3v) is 7.39. The monoisotopic (exact) mass is 521 g/mol. The Morgan fingerprint density at radius 2 is 1.79 bits per heavy atom. The predicted octanol–water partition coefficient (Wildman–Crippen LogP) is 4.54. The molecule has 1 aromatic carbocycles. The van der Waals surface area contributed by atoms with Crippen LogP contribution in [-0.2, 0) is 0 Å². The first-order valence-corrected chi connectivity index (χ1v) is 13.4. The van der Waals surface area contributed by atoms with Crippen LogP contribution in [0.15, 0.2) is 42.7 Å². The van der Waals surface area contributed by atoms with Crippen molar-refractivity contribution in [2.45, 2.75) is 6.92 Å². The average Bonchev–Trinajstić information content (AvgIpc) is 3.08. The minimum atomic E-state index is 1.04. The number of benzene rings is 1. The molecule has 1 saturated heterocycles. The first kappa shape index (κ1) is 21.0. The van der Waals surface area contributed by atoms with Crippen LogP contribution in [0.25, 0.3) is 22.2 Å². The molecule has 2 aromatic heterocycles. The van der Waals surface area contributed by atoms with Crippen LogP contribution >= 0.6 is 30.3 Å². The fraction of sp³-hybridized carbons (Fsp3) is 0.409. The van der Waals surface area contributed by atoms with Crippen LogP contribution in [0.1, 0.15) is 5.56 Å². The van der Waals surface area contributed by atoms with Gasteiger partial charge in [0, 0.05) is 98.6 Å². The Hall–Kier alpha value is -1.29. The lowest BCUT2D eigenvalue weighted by atomic mass is 10.1. The van der Waals surface area contributed by atoms with E-state index >= 15 is 0 Å². The summed E-state index contributed by atoms with van der Waals surface area (Å²) in [6.07, 6.45) is 4.14. The minimum absolute atomic E-state index is 1.04. The number of aryl methyl sites for hydroxylation is 1. The Bertz CT molecular complexity index is 961. The van der Waals surface area contributed by atoms with Gasteiger partial charge in [-0.15, -0.1) is 0 Å². The maximum Gasteiger partial charge on any atom is 0.150 e. The smallest absolute Gasteiger partial charge is 0.150 e. The maximum absolute atomic E-state index is 4.72. The van der Waals surface area contributed by atoms with E-state index in [1.165, 1.54) is 27.8 Å². The van der Waals surface area contributed by atoms with Crippen molar-refractivity contribution in [2.75, 3.05) is 58.3 Å². The largest absolute Gasteiger partial charge is 0.369 e. The number of aromatic nitrogens is 2. The molecule has 7 heteroatoms. The lowest BCUT2D eigenvalue weighted by molar-refractivity contribution is 0.229. The van der Waals surface area contributed by atoms with Gasteiger partial charge in [-0.05, 0) is 50.3 Å². The van der Waals surface area contributed by atoms with E-state index in [9.17, 15) is 0 Å². The van der Waals surface area contributed by atoms with Crippen molar-refractivity contribution in [1.82, 2.24) is 18.8 Å². The Morgan fingerprint density at radius 1 is 1.07 bits per heavy atom. The van der Waals surface area contributed by atoms with Crippen LogP contribution < -0.4 is 4.90 Å². The highest BCUT2D eigenvalue weighted by Crippen LogP contribution is 2.30. The van der Waals surface area contributed by atoms with Crippen LogP contribution in [-0.4, -0.2) is 72.1 Å². The molecule has 0 unspecified atom stereocenters. The highest BCUT2D eigenvalue weighted by Gasteiger charge is 2.17. The number of halogens is 1. The number of piperazine rings is 1. The van der Waals surface area contributed by atoms with Gasteiger partial charge in [-0.1, -0.05) is 12.1 Å². The molecule has 0 saturated carbocycles. The molecule has 1 aliphatic rings. The highest BCUT2D eigenvalue weighted by molar-refractivity contribution is 14.2. The third kappa shape index (κ3) is 4.73. The molecule has 3 heterocycles. The Kier molecular flexibility index (Phi) is 6.68. The van der Waals surface area contributed by atoms with E-state index in [0.717, 1.165) is 44.9 Å². The van der Waals surface area contributed by atoms with Gasteiger partial charge in [-0.25, -0.2) is 4.98 Å². The highest BCUT2D eigenvalue weighted by atomic mass is 127. The molecule has 0 atom stereocenters. The number of hydrogen-bond donors (Lipinski definition) is 0. The second kappa shape index (κ2) is 9.24. The van der Waals surface area contributed by atoms with Crippen molar-refractivity contribution < 1.29 is 0 Å². The van der Waals surface area contributed by atoms with Gasteiger partial charge >= 0.3 is 0 Å². The normalized spacial score (nSPS) is 15.6. The fourth-order valence-electron chi connectivity index (χ4n) is 3.88. The van der Waals surface area contributed by atoms with Gasteiger partial charge in [0.2, 0.25) is 0 Å². The molecule has 0 amide bonds. The first-order chi connectivity index (χ1) is 14.0. The van der Waals surface area contributed by atoms with Gasteiger partial charge in [0.25, 0.3) is 0 Å². The molecule has 4 rings (SSSR count). The number of pyridine rings is 1. The van der Waals surface area contributed by atoms with Crippen LogP contribution in [0.2, 0.25) is 0 Å². The van der Waals surface area contributed by atoms with Crippen LogP contribution in [0, 0.1) is 6.92 Å². The zero-order valence-electron chi connectivity index (χ0n) is 17.3. The van der Waals surface area contributed by atoms with E-state index in [0.29, 0.717) is 0 Å². The number of anilines is 1. The van der Waals surface area contributed by atoms with Crippen molar-refractivity contribution in [3.05, 3.63) is 48.3 Å². The average molecular weight is 521 g/mol. The van der Waals surface area contributed by atoms with E-state index in [2.05, 4.69) is 97.4 Å². The van der Waals surface area contributed by atoms with E-state index < -0.39 is 0 Å². The zero-order valence-corrected chi connectivity index (χ0v) is 20.3. The number of nitrogens with zero attached hydrogens (tertiary/aromatic N) is 5. The predicted molar refractivity (Wildman–Crippen MR) is 134 cm³/mol. The molecule has 0 radical (unpaired) electrons. The molecule has 1 fully saturated rings. The van der Waals surface area contributed by atoms with Gasteiger partial charge in [0.15, 0.2) is 5.65 Å². The summed E-state index contributed by atoms with van der Waals surface area (Å²) in [5.41, 5.74) is 6.02. The minimum Gasteiger partial charge on any atom is -0.369 e. The van der Waals surface area contributed by atoms with Crippen molar-refractivity contribution in [3.63, 3.8) is 0 Å². The Morgan fingerprint density at radius 3 is 2.45 bits per heavy atom. The van der Waals surface area contributed by atoms with E-state index in [4.69, 9.17) is 4.98 Å². The van der Waals surface area contributed by atoms with Crippen LogP contribution in [0.4, 0.5) is 5.69 Å². The molecule has 0 spiro atoms. The molecule has 29 heavy (non-hydrogen) atoms. The van der Waals surface area contributed by atoms with Gasteiger partial charge in [0.1, 0.15) is 0 Å². The summed E-state index contributed by atoms with van der Waals surface area (Å²) in [7, 11) is 5.94. The zero-order chi connectivity index (χ0) is 20.4. The number of likely N-dealkylation sites (N-methyl/N-ethyl adjacent to an activating group) is 1. The standard InChI is InChI=1S/C22H28IN5S/c1-17-16-28(29-23)22-21(17)14-19(15-24-22)18-4-6-20(7-5-18)27-12-10-26(11-13-27)9-8-25(2)3/h4-7,14-16H,8-13H2,1-3H3. The van der Waals surface area contributed by atoms with Crippen molar-refractivity contribution in [3.8, 4) is 11.1 Å². The maximum atomic E-state index is 4.72. The molecular weight excluding hydrogens is 493 g/mol. The van der Waals surface area contributed by atoms with Crippen molar-refractivity contribution in [2.24, 2.45) is 0 Å². The van der Waals surface area contributed by atoms with Gasteiger partial charge in [0.05, 0.1) is 0 Å². The molecule has 5 nitrogen and oxygen atoms in total. The Labute approximate surface area is 189 Å². The molecule has 154 valence electrons. The number of rotatable bonds is 6. The van der Waals surface area contributed by atoms with E-state index in [1.807, 2.05) is 6.20 Å². The quantitative estimate of drug-likeness (QED) is 0.444. The van der Waals surface area contributed by atoms with Gasteiger partial charge in [-0.2, -0.15) is 0 Å². The molecule has 0 N–H and O–H groups in total. The second-order valence-corrected chi connectivity index (χ2v) is 9.69. The van der Waals surface area contributed by atoms with Crippen molar-refractivity contribution in [1.29, 1.82) is 0 Å². The molecule has 0 aliphatic carbocycles. The van der Waals surface area contributed by atoms with Crippen molar-refractivity contribution >= 4 is 47.0 Å². The third-order valence-electron chi connectivity index (χ3n) is 5.69. The first-order valence-electron chi connectivity index (χ1n) is 10.0. The van der Waals surface area contributed by atoms with E-state index in [-0.39, 0.29) is 0 Å². The molecule has 0 bridgehead atoms. The topological polar surface area (TPSA) is 27.5 Å². The number of hydrogen-bond acceptors (Lipinski definition) is 5. The van der Waals surface area contributed by atoms with Gasteiger partial charge < -0.3 is 9.80 Å². The summed E-state index contributed by atoms with van der Waals surface area (Å²) in [6.45, 7) is 8.92. The number of fused-ring (bicyclic) bond motifs is 1. The second-order valence-electron chi connectivity index (χ2n) is 7.98. The summed E-state index contributed by atoms with van der Waals surface area (Å²) in [6, 6.07) is 11.2. The molecular formula is C22H28IN5S. The lowest BCUT2D eigenvalue weighted by Gasteiger charge is -2.36. The summed E-state index contributed by atoms with van der Waals surface area (Å²) in [4.78, 5) is 12.0. The Balaban J connectivity index is 1.45. The molecule has 3 aromatic rings. The summed E-state index contributed by atoms with van der Waals surface area (Å²) in [5, 5.41) is 1.23. The SMILES string of the molecule is Cc1cn(SI)c2ncc(-c3ccc(N4CCN(CCN(C)C)CC4)cc3)cc12. The van der Waals surface area contributed by atoms with Crippen LogP contribution in [0.3, 0.4) is 0 Å². The van der Waals surface area contributed by atoms with Gasteiger partial charge in [-0.3, -0.25) is 8.87 Å². The lowest BCUT2D eigenvalue weighted by Crippen LogP contribution is -2.48. The fourth-order valence-corrected chi connectivity index (χ4v) is 5.19. The summed E-state index contributed by atoms with van der Waals surface area (Å²) in [5.74, 6) is 0. The van der Waals surface area contributed by atoms with E-state index in [1.54, 1.807) is 9.12 Å².